The first-order chi connectivity index (χ1) is 14.7. The lowest BCUT2D eigenvalue weighted by molar-refractivity contribution is -0.147. The molecular weight excluding hydrogens is 398 g/mol. The first-order valence-corrected chi connectivity index (χ1v) is 10.2. The Balaban J connectivity index is 1.62. The van der Waals surface area contributed by atoms with Gasteiger partial charge in [0.05, 0.1) is 5.92 Å². The quantitative estimate of drug-likeness (QED) is 0.543. The number of esters is 1. The van der Waals surface area contributed by atoms with Crippen LogP contribution in [-0.4, -0.2) is 52.3 Å². The summed E-state index contributed by atoms with van der Waals surface area (Å²) in [4.78, 5) is 51.1. The van der Waals surface area contributed by atoms with Crippen LogP contribution in [-0.2, 0) is 14.3 Å². The highest BCUT2D eigenvalue weighted by Gasteiger charge is 2.36. The minimum absolute atomic E-state index is 0.0171. The SMILES string of the molecule is Cc1cc(C(=O)COC(=O)C2CC(=O)N(C(C)C)C2)c(C)n1NC(=O)c1ccccc1. The van der Waals surface area contributed by atoms with Gasteiger partial charge in [-0.25, -0.2) is 0 Å². The lowest BCUT2D eigenvalue weighted by atomic mass is 10.1. The zero-order valence-corrected chi connectivity index (χ0v) is 18.2. The molecule has 1 saturated heterocycles. The number of amides is 2. The van der Waals surface area contributed by atoms with Crippen molar-refractivity contribution in [3.63, 3.8) is 0 Å². The molecule has 1 fully saturated rings. The monoisotopic (exact) mass is 425 g/mol. The Hall–Kier alpha value is -3.42. The van der Waals surface area contributed by atoms with Gasteiger partial charge in [0.25, 0.3) is 5.91 Å². The van der Waals surface area contributed by atoms with E-state index in [4.69, 9.17) is 4.74 Å². The number of benzene rings is 1. The topological polar surface area (TPSA) is 97.7 Å². The number of hydrogen-bond donors (Lipinski definition) is 1. The molecule has 2 heterocycles. The summed E-state index contributed by atoms with van der Waals surface area (Å²) >= 11 is 0. The van der Waals surface area contributed by atoms with E-state index in [1.54, 1.807) is 53.8 Å². The second-order valence-corrected chi connectivity index (χ2v) is 8.00. The molecule has 0 bridgehead atoms. The smallest absolute Gasteiger partial charge is 0.311 e. The Morgan fingerprint density at radius 2 is 1.84 bits per heavy atom. The van der Waals surface area contributed by atoms with Crippen molar-refractivity contribution in [1.82, 2.24) is 9.58 Å². The summed E-state index contributed by atoms with van der Waals surface area (Å²) in [6.07, 6.45) is 0.102. The minimum atomic E-state index is -0.555. The molecule has 3 rings (SSSR count). The van der Waals surface area contributed by atoms with Crippen LogP contribution < -0.4 is 5.43 Å². The van der Waals surface area contributed by atoms with Crippen molar-refractivity contribution in [2.45, 2.75) is 40.2 Å². The summed E-state index contributed by atoms with van der Waals surface area (Å²) in [5, 5.41) is 0. The molecule has 1 atom stereocenters. The van der Waals surface area contributed by atoms with Gasteiger partial charge in [-0.05, 0) is 45.9 Å². The van der Waals surface area contributed by atoms with Crippen LogP contribution in [0.4, 0.5) is 0 Å². The van der Waals surface area contributed by atoms with Gasteiger partial charge in [0.1, 0.15) is 0 Å². The third-order valence-corrected chi connectivity index (χ3v) is 5.44. The van der Waals surface area contributed by atoms with Crippen molar-refractivity contribution < 1.29 is 23.9 Å². The third kappa shape index (κ3) is 4.84. The fourth-order valence-corrected chi connectivity index (χ4v) is 3.69. The van der Waals surface area contributed by atoms with Crippen LogP contribution in [0.3, 0.4) is 0 Å². The number of nitrogens with one attached hydrogen (secondary N) is 1. The number of aryl methyl sites for hydroxylation is 1. The molecule has 1 aliphatic rings. The van der Waals surface area contributed by atoms with Gasteiger partial charge in [0.2, 0.25) is 11.7 Å². The van der Waals surface area contributed by atoms with E-state index in [2.05, 4.69) is 5.43 Å². The summed E-state index contributed by atoms with van der Waals surface area (Å²) < 4.78 is 6.75. The van der Waals surface area contributed by atoms with E-state index >= 15 is 0 Å². The zero-order valence-electron chi connectivity index (χ0n) is 18.2. The van der Waals surface area contributed by atoms with Crippen molar-refractivity contribution in [3.8, 4) is 0 Å². The number of carbonyl (C=O) groups excluding carboxylic acids is 4. The number of Topliss-reactive ketones (excluding diaryl/α,β-unsaturated/α-hetero) is 1. The maximum Gasteiger partial charge on any atom is 0.311 e. The third-order valence-electron chi connectivity index (χ3n) is 5.44. The van der Waals surface area contributed by atoms with E-state index in [0.717, 1.165) is 0 Å². The summed E-state index contributed by atoms with van der Waals surface area (Å²) in [7, 11) is 0. The Morgan fingerprint density at radius 1 is 1.16 bits per heavy atom. The zero-order chi connectivity index (χ0) is 22.7. The van der Waals surface area contributed by atoms with Gasteiger partial charge in [-0.2, -0.15) is 0 Å². The lowest BCUT2D eigenvalue weighted by Gasteiger charge is -2.20. The van der Waals surface area contributed by atoms with Gasteiger partial charge in [-0.1, -0.05) is 18.2 Å². The minimum Gasteiger partial charge on any atom is -0.457 e. The summed E-state index contributed by atoms with van der Waals surface area (Å²) in [5.41, 5.74) is 4.86. The summed E-state index contributed by atoms with van der Waals surface area (Å²) in [6.45, 7) is 7.16. The van der Waals surface area contributed by atoms with Crippen LogP contribution in [0.1, 0.15) is 52.4 Å². The summed E-state index contributed by atoms with van der Waals surface area (Å²) in [5.74, 6) is -1.85. The number of likely N-dealkylation sites (tertiary alicyclic amines) is 1. The van der Waals surface area contributed by atoms with Crippen LogP contribution in [0.5, 0.6) is 0 Å². The van der Waals surface area contributed by atoms with Gasteiger partial charge in [0.15, 0.2) is 6.61 Å². The number of ether oxygens (including phenoxy) is 1. The number of nitrogens with zero attached hydrogens (tertiary/aromatic N) is 2. The average molecular weight is 425 g/mol. The number of rotatable bonds is 7. The predicted octanol–water partition coefficient (Wildman–Crippen LogP) is 2.47. The van der Waals surface area contributed by atoms with Crippen molar-refractivity contribution in [1.29, 1.82) is 0 Å². The molecule has 1 aliphatic heterocycles. The van der Waals surface area contributed by atoms with Crippen LogP contribution in [0.15, 0.2) is 36.4 Å². The van der Waals surface area contributed by atoms with Gasteiger partial charge >= 0.3 is 5.97 Å². The normalized spacial score (nSPS) is 16.0. The number of aromatic nitrogens is 1. The molecule has 31 heavy (non-hydrogen) atoms. The molecule has 0 spiro atoms. The predicted molar refractivity (Wildman–Crippen MR) is 114 cm³/mol. The van der Waals surface area contributed by atoms with E-state index in [1.165, 1.54) is 0 Å². The molecule has 2 aromatic rings. The molecule has 0 radical (unpaired) electrons. The van der Waals surface area contributed by atoms with E-state index < -0.39 is 18.5 Å². The lowest BCUT2D eigenvalue weighted by Crippen LogP contribution is -2.33. The molecule has 0 saturated carbocycles. The fraction of sp³-hybridized carbons (Fsp3) is 0.391. The average Bonchev–Trinajstić information content (AvgIpc) is 3.27. The Morgan fingerprint density at radius 3 is 2.45 bits per heavy atom. The van der Waals surface area contributed by atoms with Gasteiger partial charge in [0, 0.05) is 41.5 Å². The second-order valence-electron chi connectivity index (χ2n) is 8.00. The molecule has 1 aromatic heterocycles. The maximum atomic E-state index is 12.7. The molecule has 1 N–H and O–H groups in total. The van der Waals surface area contributed by atoms with Gasteiger partial charge in [-0.15, -0.1) is 0 Å². The van der Waals surface area contributed by atoms with Crippen molar-refractivity contribution in [3.05, 3.63) is 58.9 Å². The highest BCUT2D eigenvalue weighted by Crippen LogP contribution is 2.22. The molecule has 164 valence electrons. The Bertz CT molecular complexity index is 1010. The van der Waals surface area contributed by atoms with Crippen LogP contribution in [0.2, 0.25) is 0 Å². The van der Waals surface area contributed by atoms with Crippen molar-refractivity contribution >= 4 is 23.6 Å². The standard InChI is InChI=1S/C23H27N3O5/c1-14(2)25-12-18(11-21(25)28)23(30)31-13-20(27)19-10-15(3)26(16(19)4)24-22(29)17-8-6-5-7-9-17/h5-10,14,18H,11-13H2,1-4H3,(H,24,29). The molecule has 0 aliphatic carbocycles. The molecule has 1 aromatic carbocycles. The fourth-order valence-electron chi connectivity index (χ4n) is 3.69. The van der Waals surface area contributed by atoms with Gasteiger partial charge < -0.3 is 9.64 Å². The highest BCUT2D eigenvalue weighted by atomic mass is 16.5. The molecule has 1 unspecified atom stereocenters. The van der Waals surface area contributed by atoms with Crippen LogP contribution in [0, 0.1) is 19.8 Å². The van der Waals surface area contributed by atoms with Crippen molar-refractivity contribution in [2.24, 2.45) is 5.92 Å². The van der Waals surface area contributed by atoms with Gasteiger partial charge in [-0.3, -0.25) is 29.3 Å². The highest BCUT2D eigenvalue weighted by molar-refractivity contribution is 6.02. The molecule has 8 nitrogen and oxygen atoms in total. The van der Waals surface area contributed by atoms with Crippen LogP contribution >= 0.6 is 0 Å². The number of ketones is 1. The second kappa shape index (κ2) is 9.16. The number of carbonyl (C=O) groups is 4. The van der Waals surface area contributed by atoms with E-state index in [-0.39, 0.29) is 30.1 Å². The Kier molecular flexibility index (Phi) is 6.58. The van der Waals surface area contributed by atoms with Crippen molar-refractivity contribution in [2.75, 3.05) is 18.6 Å². The summed E-state index contributed by atoms with van der Waals surface area (Å²) in [6, 6.07) is 10.4. The Labute approximate surface area is 181 Å². The van der Waals surface area contributed by atoms with E-state index in [9.17, 15) is 19.2 Å². The van der Waals surface area contributed by atoms with E-state index in [1.807, 2.05) is 19.9 Å². The van der Waals surface area contributed by atoms with Crippen LogP contribution in [0.25, 0.3) is 0 Å². The molecular formula is C23H27N3O5. The maximum absolute atomic E-state index is 12.7. The molecule has 8 heteroatoms. The first-order valence-electron chi connectivity index (χ1n) is 10.2. The number of hydrogen-bond acceptors (Lipinski definition) is 5. The molecule has 2 amide bonds. The largest absolute Gasteiger partial charge is 0.457 e. The van der Waals surface area contributed by atoms with E-state index in [0.29, 0.717) is 29.1 Å². The first kappa shape index (κ1) is 22.3.